The molecule has 0 saturated carbocycles. The SMILES string of the molecule is N#CCCCC(N=C1c2ccccc2-c2ccccc21)c1cccs1. The summed E-state index contributed by atoms with van der Waals surface area (Å²) >= 11 is 1.75. The van der Waals surface area contributed by atoms with Crippen LogP contribution in [0.25, 0.3) is 11.1 Å². The van der Waals surface area contributed by atoms with E-state index in [0.29, 0.717) is 6.42 Å². The fourth-order valence-electron chi connectivity index (χ4n) is 3.41. The zero-order chi connectivity index (χ0) is 17.1. The van der Waals surface area contributed by atoms with Crippen molar-refractivity contribution in [3.8, 4) is 17.2 Å². The number of hydrogen-bond donors (Lipinski definition) is 0. The molecule has 0 bridgehead atoms. The van der Waals surface area contributed by atoms with Gasteiger partial charge in [0, 0.05) is 22.4 Å². The number of thiophene rings is 1. The first kappa shape index (κ1) is 15.8. The third-order valence-corrected chi connectivity index (χ3v) is 5.55. The van der Waals surface area contributed by atoms with E-state index in [1.54, 1.807) is 11.3 Å². The van der Waals surface area contributed by atoms with Crippen LogP contribution in [0.1, 0.15) is 41.3 Å². The van der Waals surface area contributed by atoms with Crippen LogP contribution in [-0.2, 0) is 0 Å². The molecule has 1 heterocycles. The van der Waals surface area contributed by atoms with Gasteiger partial charge < -0.3 is 0 Å². The maximum Gasteiger partial charge on any atom is 0.0849 e. The summed E-state index contributed by atoms with van der Waals surface area (Å²) < 4.78 is 0. The summed E-state index contributed by atoms with van der Waals surface area (Å²) in [5, 5.41) is 11.0. The molecule has 0 N–H and O–H groups in total. The standard InChI is InChI=1S/C22H18N2S/c23-14-6-5-12-20(21-13-7-15-25-21)24-22-18-10-3-1-8-16(18)17-9-2-4-11-19(17)22/h1-4,7-11,13,15,20H,5-6,12H2. The van der Waals surface area contributed by atoms with Gasteiger partial charge in [-0.2, -0.15) is 5.26 Å². The average molecular weight is 342 g/mol. The van der Waals surface area contributed by atoms with Gasteiger partial charge in [-0.15, -0.1) is 11.3 Å². The highest BCUT2D eigenvalue weighted by Crippen LogP contribution is 2.38. The summed E-state index contributed by atoms with van der Waals surface area (Å²) in [4.78, 5) is 6.46. The van der Waals surface area contributed by atoms with E-state index in [1.807, 2.05) is 0 Å². The van der Waals surface area contributed by atoms with Gasteiger partial charge >= 0.3 is 0 Å². The monoisotopic (exact) mass is 342 g/mol. The lowest BCUT2D eigenvalue weighted by Gasteiger charge is -2.12. The lowest BCUT2D eigenvalue weighted by atomic mass is 10.1. The maximum absolute atomic E-state index is 8.87. The molecule has 4 rings (SSSR count). The molecule has 1 aliphatic rings. The van der Waals surface area contributed by atoms with E-state index >= 15 is 0 Å². The topological polar surface area (TPSA) is 36.1 Å². The fourth-order valence-corrected chi connectivity index (χ4v) is 4.21. The Labute approximate surface area is 152 Å². The molecule has 1 atom stereocenters. The van der Waals surface area contributed by atoms with Crippen molar-refractivity contribution in [3.63, 3.8) is 0 Å². The number of aliphatic imine (C=N–C) groups is 1. The number of hydrogen-bond acceptors (Lipinski definition) is 3. The first-order valence-electron chi connectivity index (χ1n) is 8.56. The van der Waals surface area contributed by atoms with Crippen LogP contribution in [0.3, 0.4) is 0 Å². The van der Waals surface area contributed by atoms with Crippen molar-refractivity contribution in [2.45, 2.75) is 25.3 Å². The smallest absolute Gasteiger partial charge is 0.0849 e. The second-order valence-electron chi connectivity index (χ2n) is 6.15. The van der Waals surface area contributed by atoms with Crippen LogP contribution in [0.5, 0.6) is 0 Å². The number of benzene rings is 2. The molecule has 1 aromatic heterocycles. The van der Waals surface area contributed by atoms with E-state index in [0.717, 1.165) is 18.6 Å². The first-order valence-corrected chi connectivity index (χ1v) is 9.44. The van der Waals surface area contributed by atoms with Gasteiger partial charge in [-0.05, 0) is 35.4 Å². The number of nitrogens with zero attached hydrogens (tertiary/aromatic N) is 2. The molecule has 3 heteroatoms. The summed E-state index contributed by atoms with van der Waals surface area (Å²) in [6.07, 6.45) is 2.36. The minimum Gasteiger partial charge on any atom is -0.275 e. The number of rotatable bonds is 5. The van der Waals surface area contributed by atoms with Gasteiger partial charge in [-0.25, -0.2) is 0 Å². The molecule has 0 saturated heterocycles. The zero-order valence-electron chi connectivity index (χ0n) is 13.9. The van der Waals surface area contributed by atoms with Crippen LogP contribution in [0.2, 0.25) is 0 Å². The van der Waals surface area contributed by atoms with E-state index in [9.17, 15) is 0 Å². The van der Waals surface area contributed by atoms with Crippen molar-refractivity contribution >= 4 is 17.0 Å². The number of fused-ring (bicyclic) bond motifs is 3. The summed E-state index contributed by atoms with van der Waals surface area (Å²) in [5.74, 6) is 0. The van der Waals surface area contributed by atoms with Crippen molar-refractivity contribution < 1.29 is 0 Å². The van der Waals surface area contributed by atoms with Crippen molar-refractivity contribution in [2.75, 3.05) is 0 Å². The highest BCUT2D eigenvalue weighted by Gasteiger charge is 2.25. The van der Waals surface area contributed by atoms with Gasteiger partial charge in [-0.3, -0.25) is 4.99 Å². The molecule has 0 radical (unpaired) electrons. The molecule has 0 amide bonds. The van der Waals surface area contributed by atoms with Gasteiger partial charge in [0.05, 0.1) is 17.8 Å². The van der Waals surface area contributed by atoms with Gasteiger partial charge in [0.2, 0.25) is 0 Å². The van der Waals surface area contributed by atoms with Crippen LogP contribution < -0.4 is 0 Å². The molecule has 2 aromatic carbocycles. The Morgan fingerprint density at radius 2 is 1.52 bits per heavy atom. The minimum atomic E-state index is 0.113. The Kier molecular flexibility index (Phi) is 4.45. The maximum atomic E-state index is 8.87. The zero-order valence-corrected chi connectivity index (χ0v) is 14.7. The van der Waals surface area contributed by atoms with E-state index in [-0.39, 0.29) is 6.04 Å². The third kappa shape index (κ3) is 3.01. The molecule has 3 aromatic rings. The molecule has 1 unspecified atom stereocenters. The Hall–Kier alpha value is -2.70. The highest BCUT2D eigenvalue weighted by molar-refractivity contribution is 7.10. The largest absolute Gasteiger partial charge is 0.275 e. The number of nitriles is 1. The van der Waals surface area contributed by atoms with E-state index < -0.39 is 0 Å². The lowest BCUT2D eigenvalue weighted by Crippen LogP contribution is -2.03. The van der Waals surface area contributed by atoms with Crippen LogP contribution in [0.4, 0.5) is 0 Å². The Balaban J connectivity index is 1.79. The van der Waals surface area contributed by atoms with Crippen LogP contribution in [0.15, 0.2) is 71.0 Å². The second kappa shape index (κ2) is 7.04. The van der Waals surface area contributed by atoms with Crippen LogP contribution in [0, 0.1) is 11.3 Å². The Bertz CT molecular complexity index is 901. The fraction of sp³-hybridized carbons (Fsp3) is 0.182. The van der Waals surface area contributed by atoms with Crippen molar-refractivity contribution in [3.05, 3.63) is 82.0 Å². The molecule has 2 nitrogen and oxygen atoms in total. The van der Waals surface area contributed by atoms with Crippen molar-refractivity contribution in [1.29, 1.82) is 5.26 Å². The lowest BCUT2D eigenvalue weighted by molar-refractivity contribution is 0.631. The summed E-state index contributed by atoms with van der Waals surface area (Å²) in [6.45, 7) is 0. The van der Waals surface area contributed by atoms with Gasteiger partial charge in [0.15, 0.2) is 0 Å². The molecule has 122 valence electrons. The second-order valence-corrected chi connectivity index (χ2v) is 7.13. The molecular weight excluding hydrogens is 324 g/mol. The normalized spacial score (nSPS) is 13.0. The summed E-state index contributed by atoms with van der Waals surface area (Å²) in [7, 11) is 0. The van der Waals surface area contributed by atoms with Crippen LogP contribution in [-0.4, -0.2) is 5.71 Å². The van der Waals surface area contributed by atoms with Crippen molar-refractivity contribution in [2.24, 2.45) is 4.99 Å². The van der Waals surface area contributed by atoms with Crippen LogP contribution >= 0.6 is 11.3 Å². The Morgan fingerprint density at radius 3 is 2.08 bits per heavy atom. The quantitative estimate of drug-likeness (QED) is 0.410. The van der Waals surface area contributed by atoms with Gasteiger partial charge in [-0.1, -0.05) is 54.6 Å². The van der Waals surface area contributed by atoms with Crippen molar-refractivity contribution in [1.82, 2.24) is 0 Å². The summed E-state index contributed by atoms with van der Waals surface area (Å²) in [5.41, 5.74) is 6.04. The molecule has 1 aliphatic carbocycles. The predicted octanol–water partition coefficient (Wildman–Crippen LogP) is 6.00. The summed E-state index contributed by atoms with van der Waals surface area (Å²) in [6, 6.07) is 23.6. The Morgan fingerprint density at radius 1 is 0.880 bits per heavy atom. The minimum absolute atomic E-state index is 0.113. The molecule has 0 fully saturated rings. The molecule has 0 aliphatic heterocycles. The van der Waals surface area contributed by atoms with Gasteiger partial charge in [0.25, 0.3) is 0 Å². The van der Waals surface area contributed by atoms with E-state index in [4.69, 9.17) is 10.3 Å². The molecule has 0 spiro atoms. The third-order valence-electron chi connectivity index (χ3n) is 4.58. The predicted molar refractivity (Wildman–Crippen MR) is 104 cm³/mol. The van der Waals surface area contributed by atoms with E-state index in [1.165, 1.54) is 27.1 Å². The van der Waals surface area contributed by atoms with E-state index in [2.05, 4.69) is 72.1 Å². The first-order chi connectivity index (χ1) is 12.4. The number of unbranched alkanes of at least 4 members (excludes halogenated alkanes) is 1. The van der Waals surface area contributed by atoms with Gasteiger partial charge in [0.1, 0.15) is 0 Å². The highest BCUT2D eigenvalue weighted by atomic mass is 32.1. The molecular formula is C22H18N2S. The molecule has 25 heavy (non-hydrogen) atoms. The average Bonchev–Trinajstić information content (AvgIpc) is 3.29.